The van der Waals surface area contributed by atoms with Crippen molar-refractivity contribution >= 4 is 10.0 Å². The van der Waals surface area contributed by atoms with Crippen LogP contribution in [0.3, 0.4) is 0 Å². The number of hydrogen-bond acceptors (Lipinski definition) is 4. The molecule has 2 rings (SSSR count). The van der Waals surface area contributed by atoms with Gasteiger partial charge in [-0.25, -0.2) is 8.42 Å². The fourth-order valence-electron chi connectivity index (χ4n) is 2.48. The molecular formula is C14H26N4O2S. The largest absolute Gasteiger partial charge is 0.363 e. The summed E-state index contributed by atoms with van der Waals surface area (Å²) in [4.78, 5) is 5.59. The average molecular weight is 314 g/mol. The van der Waals surface area contributed by atoms with Gasteiger partial charge in [-0.3, -0.25) is 4.90 Å². The monoisotopic (exact) mass is 314 g/mol. The summed E-state index contributed by atoms with van der Waals surface area (Å²) < 4.78 is 27.1. The van der Waals surface area contributed by atoms with Gasteiger partial charge in [0, 0.05) is 43.6 Å². The van der Waals surface area contributed by atoms with Crippen LogP contribution < -0.4 is 5.32 Å². The Kier molecular flexibility index (Phi) is 4.77. The Morgan fingerprint density at radius 1 is 1.38 bits per heavy atom. The van der Waals surface area contributed by atoms with Crippen LogP contribution in [0.25, 0.3) is 0 Å². The summed E-state index contributed by atoms with van der Waals surface area (Å²) in [6.45, 7) is 9.47. The summed E-state index contributed by atoms with van der Waals surface area (Å²) in [5.74, 6) is 0. The first kappa shape index (κ1) is 16.5. The van der Waals surface area contributed by atoms with Gasteiger partial charge in [0.1, 0.15) is 0 Å². The second kappa shape index (κ2) is 6.08. The molecule has 6 nitrogen and oxygen atoms in total. The number of aromatic nitrogens is 1. The lowest BCUT2D eigenvalue weighted by molar-refractivity contribution is 0.0801. The molecule has 0 radical (unpaired) electrons. The van der Waals surface area contributed by atoms with Crippen LogP contribution in [0.5, 0.6) is 0 Å². The minimum Gasteiger partial charge on any atom is -0.363 e. The minimum absolute atomic E-state index is 0.145. The van der Waals surface area contributed by atoms with Crippen molar-refractivity contribution in [1.29, 1.82) is 0 Å². The van der Waals surface area contributed by atoms with Crippen molar-refractivity contribution in [3.8, 4) is 0 Å². The van der Waals surface area contributed by atoms with E-state index in [2.05, 4.69) is 29.0 Å². The molecular weight excluding hydrogens is 288 g/mol. The highest BCUT2D eigenvalue weighted by Gasteiger charge is 2.37. The molecule has 0 atom stereocenters. The van der Waals surface area contributed by atoms with Gasteiger partial charge in [0.2, 0.25) is 10.0 Å². The fourth-order valence-corrected chi connectivity index (χ4v) is 4.08. The van der Waals surface area contributed by atoms with Crippen LogP contribution in [0.4, 0.5) is 0 Å². The second-order valence-electron chi connectivity index (χ2n) is 6.21. The first-order valence-electron chi connectivity index (χ1n) is 7.37. The fraction of sp³-hybridized carbons (Fsp3) is 0.714. The SMILES string of the molecule is CCNCc1cc(S(=O)(=O)N2CCN(C)C(C)(C)C2)c[nH]1. The van der Waals surface area contributed by atoms with Gasteiger partial charge in [-0.15, -0.1) is 0 Å². The van der Waals surface area contributed by atoms with Gasteiger partial charge in [0.25, 0.3) is 0 Å². The lowest BCUT2D eigenvalue weighted by Crippen LogP contribution is -2.58. The predicted octanol–water partition coefficient (Wildman–Crippen LogP) is 0.839. The number of likely N-dealkylation sites (N-methyl/N-ethyl adjacent to an activating group) is 1. The standard InChI is InChI=1S/C14H26N4O2S/c1-5-15-9-12-8-13(10-16-12)21(19,20)18-7-6-17(4)14(2,3)11-18/h8,10,15-16H,5-7,9,11H2,1-4H3. The van der Waals surface area contributed by atoms with E-state index >= 15 is 0 Å². The normalized spacial score (nSPS) is 20.8. The van der Waals surface area contributed by atoms with Crippen LogP contribution in [-0.4, -0.2) is 61.4 Å². The number of rotatable bonds is 5. The molecule has 7 heteroatoms. The molecule has 0 aromatic carbocycles. The Hall–Kier alpha value is -0.890. The van der Waals surface area contributed by atoms with Crippen LogP contribution in [0.1, 0.15) is 26.5 Å². The maximum Gasteiger partial charge on any atom is 0.244 e. The van der Waals surface area contributed by atoms with Crippen molar-refractivity contribution < 1.29 is 8.42 Å². The van der Waals surface area contributed by atoms with Crippen LogP contribution in [0, 0.1) is 0 Å². The number of nitrogens with zero attached hydrogens (tertiary/aromatic N) is 2. The number of piperazine rings is 1. The van der Waals surface area contributed by atoms with Crippen molar-refractivity contribution in [2.24, 2.45) is 0 Å². The molecule has 2 N–H and O–H groups in total. The Morgan fingerprint density at radius 3 is 2.71 bits per heavy atom. The first-order valence-corrected chi connectivity index (χ1v) is 8.81. The molecule has 0 amide bonds. The molecule has 1 aliphatic rings. The van der Waals surface area contributed by atoms with Crippen LogP contribution >= 0.6 is 0 Å². The van der Waals surface area contributed by atoms with Gasteiger partial charge in [0.05, 0.1) is 4.90 Å². The van der Waals surface area contributed by atoms with E-state index in [0.29, 0.717) is 24.5 Å². The average Bonchev–Trinajstić information content (AvgIpc) is 2.88. The molecule has 2 heterocycles. The summed E-state index contributed by atoms with van der Waals surface area (Å²) in [5, 5.41) is 3.18. The Labute approximate surface area is 127 Å². The van der Waals surface area contributed by atoms with Gasteiger partial charge in [-0.2, -0.15) is 4.31 Å². The molecule has 120 valence electrons. The number of aromatic amines is 1. The van der Waals surface area contributed by atoms with E-state index in [1.54, 1.807) is 16.6 Å². The lowest BCUT2D eigenvalue weighted by Gasteiger charge is -2.44. The smallest absolute Gasteiger partial charge is 0.244 e. The molecule has 0 aliphatic carbocycles. The van der Waals surface area contributed by atoms with E-state index in [1.165, 1.54) is 0 Å². The third-order valence-corrected chi connectivity index (χ3v) is 6.02. The van der Waals surface area contributed by atoms with E-state index in [9.17, 15) is 8.42 Å². The molecule has 0 bridgehead atoms. The summed E-state index contributed by atoms with van der Waals surface area (Å²) in [7, 11) is -1.38. The van der Waals surface area contributed by atoms with Gasteiger partial charge in [-0.05, 0) is 33.5 Å². The maximum absolute atomic E-state index is 12.7. The van der Waals surface area contributed by atoms with Gasteiger partial charge >= 0.3 is 0 Å². The van der Waals surface area contributed by atoms with E-state index < -0.39 is 10.0 Å². The zero-order valence-electron chi connectivity index (χ0n) is 13.3. The molecule has 0 spiro atoms. The number of H-pyrrole nitrogens is 1. The van der Waals surface area contributed by atoms with Crippen molar-refractivity contribution in [2.45, 2.75) is 37.8 Å². The molecule has 1 saturated heterocycles. The van der Waals surface area contributed by atoms with E-state index in [1.807, 2.05) is 14.0 Å². The molecule has 1 aliphatic heterocycles. The summed E-state index contributed by atoms with van der Waals surface area (Å²) in [6, 6.07) is 1.73. The summed E-state index contributed by atoms with van der Waals surface area (Å²) in [5.41, 5.74) is 0.748. The highest BCUT2D eigenvalue weighted by Crippen LogP contribution is 2.25. The Morgan fingerprint density at radius 2 is 2.10 bits per heavy atom. The van der Waals surface area contributed by atoms with E-state index in [-0.39, 0.29) is 5.54 Å². The van der Waals surface area contributed by atoms with E-state index in [0.717, 1.165) is 18.8 Å². The predicted molar refractivity (Wildman–Crippen MR) is 83.6 cm³/mol. The zero-order valence-corrected chi connectivity index (χ0v) is 14.1. The van der Waals surface area contributed by atoms with E-state index in [4.69, 9.17) is 0 Å². The number of sulfonamides is 1. The zero-order chi connectivity index (χ0) is 15.7. The molecule has 0 unspecified atom stereocenters. The Balaban J connectivity index is 2.16. The molecule has 1 fully saturated rings. The van der Waals surface area contributed by atoms with Crippen molar-refractivity contribution in [3.63, 3.8) is 0 Å². The summed E-state index contributed by atoms with van der Waals surface area (Å²) >= 11 is 0. The number of nitrogens with one attached hydrogen (secondary N) is 2. The van der Waals surface area contributed by atoms with Gasteiger partial charge in [0.15, 0.2) is 0 Å². The lowest BCUT2D eigenvalue weighted by atomic mass is 10.0. The van der Waals surface area contributed by atoms with Gasteiger partial charge < -0.3 is 10.3 Å². The highest BCUT2D eigenvalue weighted by molar-refractivity contribution is 7.89. The molecule has 1 aromatic rings. The summed E-state index contributed by atoms with van der Waals surface area (Å²) in [6.07, 6.45) is 1.59. The van der Waals surface area contributed by atoms with Crippen LogP contribution in [0.2, 0.25) is 0 Å². The maximum atomic E-state index is 12.7. The number of hydrogen-bond donors (Lipinski definition) is 2. The third kappa shape index (κ3) is 3.48. The van der Waals surface area contributed by atoms with Gasteiger partial charge in [-0.1, -0.05) is 6.92 Å². The molecule has 21 heavy (non-hydrogen) atoms. The van der Waals surface area contributed by atoms with Crippen molar-refractivity contribution in [1.82, 2.24) is 19.5 Å². The highest BCUT2D eigenvalue weighted by atomic mass is 32.2. The molecule has 1 aromatic heterocycles. The quantitative estimate of drug-likeness (QED) is 0.845. The molecule has 0 saturated carbocycles. The van der Waals surface area contributed by atoms with Crippen LogP contribution in [0.15, 0.2) is 17.2 Å². The van der Waals surface area contributed by atoms with Crippen molar-refractivity contribution in [3.05, 3.63) is 18.0 Å². The van der Waals surface area contributed by atoms with Crippen LogP contribution in [-0.2, 0) is 16.6 Å². The first-order chi connectivity index (χ1) is 9.77. The Bertz CT molecular complexity index is 580. The van der Waals surface area contributed by atoms with Crippen molar-refractivity contribution in [2.75, 3.05) is 33.2 Å². The topological polar surface area (TPSA) is 68.4 Å². The third-order valence-electron chi connectivity index (χ3n) is 4.20. The second-order valence-corrected chi connectivity index (χ2v) is 8.15. The minimum atomic E-state index is -3.41.